The third-order valence-corrected chi connectivity index (χ3v) is 2.81. The van der Waals surface area contributed by atoms with Crippen molar-refractivity contribution in [3.8, 4) is 0 Å². The Morgan fingerprint density at radius 1 is 1.55 bits per heavy atom. The molecular formula is C8H6ClIO. The van der Waals surface area contributed by atoms with Gasteiger partial charge in [-0.05, 0) is 64.9 Å². The number of carbonyl (C=O) groups is 1. The Hall–Kier alpha value is -0.0900. The van der Waals surface area contributed by atoms with Crippen LogP contribution in [0.2, 0.25) is 0 Å². The molecule has 0 radical (unpaired) electrons. The van der Waals surface area contributed by atoms with Crippen molar-refractivity contribution in [1.29, 1.82) is 0 Å². The molecule has 58 valence electrons. The summed E-state index contributed by atoms with van der Waals surface area (Å²) in [4.78, 5) is 10.7. The summed E-state index contributed by atoms with van der Waals surface area (Å²) >= 11 is 7.50. The lowest BCUT2D eigenvalue weighted by atomic mass is 10.2. The predicted octanol–water partition coefficient (Wildman–Crippen LogP) is 2.98. The maximum atomic E-state index is 10.7. The lowest BCUT2D eigenvalue weighted by Gasteiger charge is -1.98. The van der Waals surface area contributed by atoms with E-state index in [2.05, 4.69) is 22.6 Å². The SMILES string of the molecule is Cc1cc(C(=O)Cl)ccc1I. The predicted molar refractivity (Wildman–Crippen MR) is 54.1 cm³/mol. The standard InChI is InChI=1S/C8H6ClIO/c1-5-4-6(8(9)11)2-3-7(5)10/h2-4H,1H3. The van der Waals surface area contributed by atoms with Gasteiger partial charge in [-0.2, -0.15) is 0 Å². The van der Waals surface area contributed by atoms with Crippen LogP contribution in [0.1, 0.15) is 15.9 Å². The monoisotopic (exact) mass is 280 g/mol. The first-order valence-corrected chi connectivity index (χ1v) is 4.53. The van der Waals surface area contributed by atoms with Crippen LogP contribution in [-0.2, 0) is 0 Å². The second-order valence-corrected chi connectivity index (χ2v) is 3.74. The smallest absolute Gasteiger partial charge is 0.252 e. The molecule has 1 rings (SSSR count). The van der Waals surface area contributed by atoms with Crippen molar-refractivity contribution >= 4 is 39.4 Å². The highest BCUT2D eigenvalue weighted by Gasteiger charge is 2.02. The summed E-state index contributed by atoms with van der Waals surface area (Å²) in [5.41, 5.74) is 1.64. The van der Waals surface area contributed by atoms with Crippen molar-refractivity contribution in [3.63, 3.8) is 0 Å². The van der Waals surface area contributed by atoms with Crippen LogP contribution in [0.5, 0.6) is 0 Å². The first-order valence-electron chi connectivity index (χ1n) is 3.07. The number of carbonyl (C=O) groups excluding carboxylic acids is 1. The molecule has 0 atom stereocenters. The summed E-state index contributed by atoms with van der Waals surface area (Å²) in [5, 5.41) is -0.399. The van der Waals surface area contributed by atoms with Gasteiger partial charge in [0.15, 0.2) is 0 Å². The summed E-state index contributed by atoms with van der Waals surface area (Å²) in [6, 6.07) is 5.40. The maximum absolute atomic E-state index is 10.7. The number of hydrogen-bond donors (Lipinski definition) is 0. The summed E-state index contributed by atoms with van der Waals surface area (Å²) in [6.45, 7) is 1.95. The lowest BCUT2D eigenvalue weighted by Crippen LogP contribution is -1.90. The minimum atomic E-state index is -0.399. The summed E-state index contributed by atoms with van der Waals surface area (Å²) < 4.78 is 1.14. The summed E-state index contributed by atoms with van der Waals surface area (Å²) in [7, 11) is 0. The Labute approximate surface area is 83.9 Å². The van der Waals surface area contributed by atoms with Gasteiger partial charge in [-0.1, -0.05) is 0 Å². The lowest BCUT2D eigenvalue weighted by molar-refractivity contribution is 0.108. The number of rotatable bonds is 1. The van der Waals surface area contributed by atoms with Crippen LogP contribution in [0.25, 0.3) is 0 Å². The van der Waals surface area contributed by atoms with Crippen molar-refractivity contribution < 1.29 is 4.79 Å². The van der Waals surface area contributed by atoms with Gasteiger partial charge in [0, 0.05) is 9.13 Å². The van der Waals surface area contributed by atoms with E-state index in [4.69, 9.17) is 11.6 Å². The second-order valence-electron chi connectivity index (χ2n) is 2.24. The molecule has 0 amide bonds. The van der Waals surface area contributed by atoms with Crippen LogP contribution in [0.15, 0.2) is 18.2 Å². The van der Waals surface area contributed by atoms with Crippen molar-refractivity contribution in [3.05, 3.63) is 32.9 Å². The molecule has 1 aromatic carbocycles. The molecule has 0 unspecified atom stereocenters. The molecule has 0 spiro atoms. The van der Waals surface area contributed by atoms with Crippen molar-refractivity contribution in [2.24, 2.45) is 0 Å². The van der Waals surface area contributed by atoms with Gasteiger partial charge in [-0.15, -0.1) is 0 Å². The zero-order chi connectivity index (χ0) is 8.43. The third kappa shape index (κ3) is 2.17. The van der Waals surface area contributed by atoms with E-state index in [0.29, 0.717) is 5.56 Å². The number of halogens is 2. The van der Waals surface area contributed by atoms with E-state index in [-0.39, 0.29) is 0 Å². The van der Waals surface area contributed by atoms with Gasteiger partial charge in [0.1, 0.15) is 0 Å². The second kappa shape index (κ2) is 3.54. The van der Waals surface area contributed by atoms with Crippen molar-refractivity contribution in [2.75, 3.05) is 0 Å². The molecule has 1 nitrogen and oxygen atoms in total. The molecule has 0 heterocycles. The molecule has 0 N–H and O–H groups in total. The van der Waals surface area contributed by atoms with Crippen molar-refractivity contribution in [2.45, 2.75) is 6.92 Å². The van der Waals surface area contributed by atoms with Crippen LogP contribution in [0.4, 0.5) is 0 Å². The van der Waals surface area contributed by atoms with Gasteiger partial charge < -0.3 is 0 Å². The molecule has 0 aliphatic carbocycles. The molecule has 0 saturated heterocycles. The van der Waals surface area contributed by atoms with E-state index in [1.165, 1.54) is 0 Å². The van der Waals surface area contributed by atoms with Crippen LogP contribution in [0, 0.1) is 10.5 Å². The topological polar surface area (TPSA) is 17.1 Å². The van der Waals surface area contributed by atoms with Crippen LogP contribution in [-0.4, -0.2) is 5.24 Å². The first kappa shape index (κ1) is 9.00. The molecular weight excluding hydrogens is 274 g/mol. The average Bonchev–Trinajstić information content (AvgIpc) is 1.94. The number of benzene rings is 1. The van der Waals surface area contributed by atoms with Gasteiger partial charge in [-0.3, -0.25) is 4.79 Å². The molecule has 0 fully saturated rings. The Bertz CT molecular complexity index is 296. The average molecular weight is 280 g/mol. The minimum Gasteiger partial charge on any atom is -0.276 e. The van der Waals surface area contributed by atoms with E-state index in [9.17, 15) is 4.79 Å². The summed E-state index contributed by atoms with van der Waals surface area (Å²) in [6.07, 6.45) is 0. The van der Waals surface area contributed by atoms with Crippen LogP contribution in [0.3, 0.4) is 0 Å². The van der Waals surface area contributed by atoms with Gasteiger partial charge in [-0.25, -0.2) is 0 Å². The zero-order valence-corrected chi connectivity index (χ0v) is 8.81. The number of aryl methyl sites for hydroxylation is 1. The van der Waals surface area contributed by atoms with E-state index in [1.807, 2.05) is 13.0 Å². The maximum Gasteiger partial charge on any atom is 0.252 e. The zero-order valence-electron chi connectivity index (χ0n) is 5.90. The molecule has 0 aromatic heterocycles. The fraction of sp³-hybridized carbons (Fsp3) is 0.125. The van der Waals surface area contributed by atoms with Gasteiger partial charge in [0.2, 0.25) is 0 Å². The first-order chi connectivity index (χ1) is 5.11. The molecule has 0 aliphatic rings. The minimum absolute atomic E-state index is 0.399. The van der Waals surface area contributed by atoms with E-state index >= 15 is 0 Å². The molecule has 0 saturated carbocycles. The van der Waals surface area contributed by atoms with Crippen molar-refractivity contribution in [1.82, 2.24) is 0 Å². The highest BCUT2D eigenvalue weighted by Crippen LogP contribution is 2.14. The fourth-order valence-corrected chi connectivity index (χ4v) is 1.22. The van der Waals surface area contributed by atoms with Gasteiger partial charge in [0.05, 0.1) is 0 Å². The van der Waals surface area contributed by atoms with Gasteiger partial charge in [0.25, 0.3) is 5.24 Å². The molecule has 1 aromatic rings. The molecule has 3 heteroatoms. The largest absolute Gasteiger partial charge is 0.276 e. The summed E-state index contributed by atoms with van der Waals surface area (Å²) in [5.74, 6) is 0. The number of hydrogen-bond acceptors (Lipinski definition) is 1. The quantitative estimate of drug-likeness (QED) is 0.571. The Morgan fingerprint density at radius 3 is 2.64 bits per heavy atom. The Balaban J connectivity index is 3.15. The third-order valence-electron chi connectivity index (χ3n) is 1.38. The highest BCUT2D eigenvalue weighted by molar-refractivity contribution is 14.1. The van der Waals surface area contributed by atoms with E-state index in [1.54, 1.807) is 12.1 Å². The Morgan fingerprint density at radius 2 is 2.18 bits per heavy atom. The molecule has 0 aliphatic heterocycles. The van der Waals surface area contributed by atoms with E-state index < -0.39 is 5.24 Å². The highest BCUT2D eigenvalue weighted by atomic mass is 127. The molecule has 11 heavy (non-hydrogen) atoms. The Kier molecular flexibility index (Phi) is 2.90. The fourth-order valence-electron chi connectivity index (χ4n) is 0.767. The normalized spacial score (nSPS) is 9.73. The van der Waals surface area contributed by atoms with Crippen LogP contribution >= 0.6 is 34.2 Å². The van der Waals surface area contributed by atoms with Gasteiger partial charge >= 0.3 is 0 Å². The molecule has 0 bridgehead atoms. The van der Waals surface area contributed by atoms with Crippen LogP contribution < -0.4 is 0 Å². The van der Waals surface area contributed by atoms with E-state index in [0.717, 1.165) is 9.13 Å².